The Hall–Kier alpha value is -0.300. The zero-order valence-corrected chi connectivity index (χ0v) is 6.11. The lowest BCUT2D eigenvalue weighted by molar-refractivity contribution is 1.42. The topological polar surface area (TPSA) is 0 Å². The maximum absolute atomic E-state index is 3.65. The Bertz CT molecular complexity index is 163. The van der Waals surface area contributed by atoms with Crippen LogP contribution >= 0.6 is 15.9 Å². The number of rotatable bonds is 1. The molecule has 0 heterocycles. The van der Waals surface area contributed by atoms with Crippen LogP contribution in [0.5, 0.6) is 0 Å². The molecule has 0 nitrogen and oxygen atoms in total. The lowest BCUT2D eigenvalue weighted by Crippen LogP contribution is -1.65. The van der Waals surface area contributed by atoms with Gasteiger partial charge in [-0.3, -0.25) is 0 Å². The summed E-state index contributed by atoms with van der Waals surface area (Å²) >= 11 is 3.41. The van der Waals surface area contributed by atoms with E-state index in [0.717, 1.165) is 6.42 Å². The highest BCUT2D eigenvalue weighted by atomic mass is 79.9. The third kappa shape index (κ3) is 0.920. The standard InChI is InChI=1S/C7H7Br/c1-2-6-4-3-5-7(6)8/h2-4H,1,5H2. The van der Waals surface area contributed by atoms with Crippen LogP contribution in [-0.4, -0.2) is 0 Å². The molecule has 0 radical (unpaired) electrons. The Labute approximate surface area is 57.7 Å². The summed E-state index contributed by atoms with van der Waals surface area (Å²) in [5, 5.41) is 0. The Balaban J connectivity index is 2.85. The Morgan fingerprint density at radius 3 is 2.75 bits per heavy atom. The van der Waals surface area contributed by atoms with Crippen molar-refractivity contribution in [3.63, 3.8) is 0 Å². The molecule has 8 heavy (non-hydrogen) atoms. The fourth-order valence-corrected chi connectivity index (χ4v) is 1.16. The normalized spacial score (nSPS) is 17.6. The molecule has 1 rings (SSSR count). The number of hydrogen-bond donors (Lipinski definition) is 0. The van der Waals surface area contributed by atoms with Gasteiger partial charge in [-0.05, 0) is 12.0 Å². The van der Waals surface area contributed by atoms with Gasteiger partial charge >= 0.3 is 0 Å². The van der Waals surface area contributed by atoms with Gasteiger partial charge in [0, 0.05) is 4.48 Å². The summed E-state index contributed by atoms with van der Waals surface area (Å²) in [5.41, 5.74) is 1.21. The molecule has 0 unspecified atom stereocenters. The molecule has 1 heteroatoms. The highest BCUT2D eigenvalue weighted by Crippen LogP contribution is 2.24. The van der Waals surface area contributed by atoms with Gasteiger partial charge in [-0.1, -0.05) is 40.7 Å². The van der Waals surface area contributed by atoms with Crippen molar-refractivity contribution in [2.45, 2.75) is 6.42 Å². The molecule has 0 aromatic heterocycles. The van der Waals surface area contributed by atoms with Gasteiger partial charge in [-0.2, -0.15) is 0 Å². The van der Waals surface area contributed by atoms with Crippen LogP contribution in [0.25, 0.3) is 0 Å². The molecule has 42 valence electrons. The van der Waals surface area contributed by atoms with E-state index in [1.54, 1.807) is 0 Å². The molecule has 1 aliphatic carbocycles. The quantitative estimate of drug-likeness (QED) is 0.568. The van der Waals surface area contributed by atoms with Crippen molar-refractivity contribution in [3.8, 4) is 0 Å². The SMILES string of the molecule is C=CC1=C(Br)CC=C1. The zero-order chi connectivity index (χ0) is 5.98. The van der Waals surface area contributed by atoms with Crippen LogP contribution in [0.4, 0.5) is 0 Å². The maximum Gasteiger partial charge on any atom is 0.00604 e. The van der Waals surface area contributed by atoms with Crippen LogP contribution in [0.1, 0.15) is 6.42 Å². The molecule has 0 saturated heterocycles. The largest absolute Gasteiger partial charge is 0.0984 e. The van der Waals surface area contributed by atoms with Gasteiger partial charge in [-0.25, -0.2) is 0 Å². The molecular weight excluding hydrogens is 164 g/mol. The Morgan fingerprint density at radius 2 is 2.50 bits per heavy atom. The van der Waals surface area contributed by atoms with E-state index in [0.29, 0.717) is 0 Å². The summed E-state index contributed by atoms with van der Waals surface area (Å²) in [7, 11) is 0. The van der Waals surface area contributed by atoms with Crippen molar-refractivity contribution in [1.29, 1.82) is 0 Å². The van der Waals surface area contributed by atoms with Crippen LogP contribution < -0.4 is 0 Å². The highest BCUT2D eigenvalue weighted by Gasteiger charge is 1.99. The van der Waals surface area contributed by atoms with Crippen LogP contribution in [0, 0.1) is 0 Å². The van der Waals surface area contributed by atoms with E-state index < -0.39 is 0 Å². The van der Waals surface area contributed by atoms with Gasteiger partial charge in [0.25, 0.3) is 0 Å². The van der Waals surface area contributed by atoms with E-state index in [4.69, 9.17) is 0 Å². The molecule has 1 aliphatic rings. The summed E-state index contributed by atoms with van der Waals surface area (Å²) in [5.74, 6) is 0. The summed E-state index contributed by atoms with van der Waals surface area (Å²) < 4.78 is 1.24. The molecule has 0 atom stereocenters. The van der Waals surface area contributed by atoms with Crippen molar-refractivity contribution in [2.24, 2.45) is 0 Å². The van der Waals surface area contributed by atoms with E-state index in [-0.39, 0.29) is 0 Å². The molecule has 0 fully saturated rings. The van der Waals surface area contributed by atoms with Crippen molar-refractivity contribution >= 4 is 15.9 Å². The highest BCUT2D eigenvalue weighted by molar-refractivity contribution is 9.11. The first kappa shape index (κ1) is 5.83. The third-order valence-corrected chi connectivity index (χ3v) is 1.91. The molecule has 0 bridgehead atoms. The number of allylic oxidation sites excluding steroid dienone is 5. The predicted molar refractivity (Wildman–Crippen MR) is 39.9 cm³/mol. The van der Waals surface area contributed by atoms with Gasteiger partial charge in [0.2, 0.25) is 0 Å². The fourth-order valence-electron chi connectivity index (χ4n) is 0.676. The number of hydrogen-bond acceptors (Lipinski definition) is 0. The van der Waals surface area contributed by atoms with Crippen molar-refractivity contribution in [3.05, 3.63) is 34.9 Å². The van der Waals surface area contributed by atoms with Crippen LogP contribution in [0.2, 0.25) is 0 Å². The molecule has 0 spiro atoms. The molecule has 0 aromatic rings. The molecule has 0 amide bonds. The van der Waals surface area contributed by atoms with Gasteiger partial charge in [0.05, 0.1) is 0 Å². The summed E-state index contributed by atoms with van der Waals surface area (Å²) in [6.45, 7) is 3.65. The lowest BCUT2D eigenvalue weighted by atomic mass is 10.3. The van der Waals surface area contributed by atoms with Gasteiger partial charge < -0.3 is 0 Å². The molecule has 0 N–H and O–H groups in total. The smallest absolute Gasteiger partial charge is 0.00604 e. The van der Waals surface area contributed by atoms with Crippen molar-refractivity contribution in [1.82, 2.24) is 0 Å². The second-order valence-electron chi connectivity index (χ2n) is 1.67. The first-order chi connectivity index (χ1) is 3.84. The molecular formula is C7H7Br. The third-order valence-electron chi connectivity index (χ3n) is 1.13. The second kappa shape index (κ2) is 2.31. The summed E-state index contributed by atoms with van der Waals surface area (Å²) in [6.07, 6.45) is 7.06. The van der Waals surface area contributed by atoms with E-state index in [1.807, 2.05) is 6.08 Å². The molecule has 0 aromatic carbocycles. The zero-order valence-electron chi connectivity index (χ0n) is 4.52. The van der Waals surface area contributed by atoms with Crippen molar-refractivity contribution < 1.29 is 0 Å². The van der Waals surface area contributed by atoms with Crippen LogP contribution in [0.3, 0.4) is 0 Å². The van der Waals surface area contributed by atoms with Gasteiger partial charge in [0.1, 0.15) is 0 Å². The maximum atomic E-state index is 3.65. The number of halogens is 1. The van der Waals surface area contributed by atoms with E-state index in [9.17, 15) is 0 Å². The first-order valence-corrected chi connectivity index (χ1v) is 3.31. The first-order valence-electron chi connectivity index (χ1n) is 2.52. The average molecular weight is 171 g/mol. The van der Waals surface area contributed by atoms with Crippen molar-refractivity contribution in [2.75, 3.05) is 0 Å². The minimum atomic E-state index is 1.03. The minimum absolute atomic E-state index is 1.03. The predicted octanol–water partition coefficient (Wildman–Crippen LogP) is 2.78. The Kier molecular flexibility index (Phi) is 1.69. The summed E-state index contributed by atoms with van der Waals surface area (Å²) in [6, 6.07) is 0. The van der Waals surface area contributed by atoms with E-state index in [2.05, 4.69) is 34.7 Å². The minimum Gasteiger partial charge on any atom is -0.0984 e. The molecule has 0 saturated carbocycles. The second-order valence-corrected chi connectivity index (χ2v) is 2.63. The van der Waals surface area contributed by atoms with E-state index >= 15 is 0 Å². The van der Waals surface area contributed by atoms with Gasteiger partial charge in [-0.15, -0.1) is 0 Å². The monoisotopic (exact) mass is 170 g/mol. The fraction of sp³-hybridized carbons (Fsp3) is 0.143. The lowest BCUT2D eigenvalue weighted by Gasteiger charge is -1.87. The summed E-state index contributed by atoms with van der Waals surface area (Å²) in [4.78, 5) is 0. The average Bonchev–Trinajstić information content (AvgIpc) is 2.14. The van der Waals surface area contributed by atoms with Crippen LogP contribution in [0.15, 0.2) is 34.9 Å². The van der Waals surface area contributed by atoms with Gasteiger partial charge in [0.15, 0.2) is 0 Å². The molecule has 0 aliphatic heterocycles. The van der Waals surface area contributed by atoms with Crippen LogP contribution in [-0.2, 0) is 0 Å². The van der Waals surface area contributed by atoms with E-state index in [1.165, 1.54) is 10.1 Å². The Morgan fingerprint density at radius 1 is 1.75 bits per heavy atom.